The Morgan fingerprint density at radius 3 is 2.96 bits per heavy atom. The monoisotopic (exact) mass is 364 g/mol. The van der Waals surface area contributed by atoms with Crippen LogP contribution in [0.3, 0.4) is 0 Å². The van der Waals surface area contributed by atoms with Crippen molar-refractivity contribution in [2.75, 3.05) is 13.7 Å². The lowest BCUT2D eigenvalue weighted by molar-refractivity contribution is 0.238. The summed E-state index contributed by atoms with van der Waals surface area (Å²) in [5.74, 6) is 1.78. The molecule has 2 amide bonds. The van der Waals surface area contributed by atoms with Crippen LogP contribution in [-0.2, 0) is 13.0 Å². The number of benzene rings is 2. The van der Waals surface area contributed by atoms with E-state index in [1.165, 1.54) is 17.5 Å². The lowest BCUT2D eigenvalue weighted by Crippen LogP contribution is -2.37. The van der Waals surface area contributed by atoms with Crippen molar-refractivity contribution in [3.63, 3.8) is 0 Å². The molecule has 5 heteroatoms. The van der Waals surface area contributed by atoms with E-state index < -0.39 is 0 Å². The molecule has 0 radical (unpaired) electrons. The van der Waals surface area contributed by atoms with Crippen LogP contribution in [0.5, 0.6) is 5.75 Å². The summed E-state index contributed by atoms with van der Waals surface area (Å²) in [6, 6.07) is 16.0. The van der Waals surface area contributed by atoms with E-state index in [4.69, 9.17) is 9.15 Å². The molecule has 2 aromatic carbocycles. The molecular formula is C22H24N2O3. The smallest absolute Gasteiger partial charge is 0.315 e. The number of carbonyl (C=O) groups is 1. The molecule has 1 aliphatic carbocycles. The van der Waals surface area contributed by atoms with Crippen LogP contribution in [0.15, 0.2) is 52.9 Å². The zero-order chi connectivity index (χ0) is 18.6. The molecule has 5 nitrogen and oxygen atoms in total. The Kier molecular flexibility index (Phi) is 5.01. The van der Waals surface area contributed by atoms with E-state index in [1.807, 2.05) is 24.3 Å². The Morgan fingerprint density at radius 2 is 2.07 bits per heavy atom. The van der Waals surface area contributed by atoms with Gasteiger partial charge in [0.05, 0.1) is 13.7 Å². The number of urea groups is 1. The number of carbonyl (C=O) groups excluding carboxylic acids is 1. The summed E-state index contributed by atoms with van der Waals surface area (Å²) in [5.41, 5.74) is 3.48. The average Bonchev–Trinajstić information content (AvgIpc) is 3.14. The van der Waals surface area contributed by atoms with Gasteiger partial charge in [-0.3, -0.25) is 0 Å². The minimum atomic E-state index is -0.175. The van der Waals surface area contributed by atoms with Crippen molar-refractivity contribution in [2.24, 2.45) is 0 Å². The summed E-state index contributed by atoms with van der Waals surface area (Å²) < 4.78 is 11.1. The topological polar surface area (TPSA) is 63.5 Å². The molecule has 0 saturated carbocycles. The molecule has 1 aromatic heterocycles. The van der Waals surface area contributed by atoms with Crippen LogP contribution in [0.25, 0.3) is 11.0 Å². The standard InChI is InChI=1S/C22H24N2O3/c1-26-20-11-5-8-16-12-18(27-21(16)20)14-24-22(25)23-13-17-9-4-7-15-6-2-3-10-19(15)17/h2-3,5-6,8,10-12,17H,4,7,9,13-14H2,1H3,(H2,23,24,25). The van der Waals surface area contributed by atoms with Crippen molar-refractivity contribution in [2.45, 2.75) is 31.7 Å². The second-order valence-corrected chi connectivity index (χ2v) is 6.94. The first-order chi connectivity index (χ1) is 13.2. The van der Waals surface area contributed by atoms with Crippen molar-refractivity contribution >= 4 is 17.0 Å². The average molecular weight is 364 g/mol. The molecular weight excluding hydrogens is 340 g/mol. The molecule has 27 heavy (non-hydrogen) atoms. The molecule has 140 valence electrons. The molecule has 4 rings (SSSR count). The quantitative estimate of drug-likeness (QED) is 0.707. The molecule has 1 aliphatic rings. The minimum Gasteiger partial charge on any atom is -0.493 e. The highest BCUT2D eigenvalue weighted by molar-refractivity contribution is 5.83. The van der Waals surface area contributed by atoms with Gasteiger partial charge in [0.1, 0.15) is 5.76 Å². The van der Waals surface area contributed by atoms with E-state index in [0.29, 0.717) is 36.1 Å². The van der Waals surface area contributed by atoms with Gasteiger partial charge in [0.2, 0.25) is 0 Å². The maximum atomic E-state index is 12.2. The van der Waals surface area contributed by atoms with Gasteiger partial charge < -0.3 is 19.8 Å². The van der Waals surface area contributed by atoms with Crippen LogP contribution in [0.4, 0.5) is 4.79 Å². The highest BCUT2D eigenvalue weighted by Crippen LogP contribution is 2.31. The Labute approximate surface area is 158 Å². The maximum absolute atomic E-state index is 12.2. The van der Waals surface area contributed by atoms with Crippen LogP contribution in [0.2, 0.25) is 0 Å². The van der Waals surface area contributed by atoms with E-state index in [1.54, 1.807) is 7.11 Å². The Hall–Kier alpha value is -2.95. The third-order valence-electron chi connectivity index (χ3n) is 5.20. The Balaban J connectivity index is 1.33. The zero-order valence-corrected chi connectivity index (χ0v) is 15.5. The first kappa shape index (κ1) is 17.5. The van der Waals surface area contributed by atoms with Crippen LogP contribution in [-0.4, -0.2) is 19.7 Å². The van der Waals surface area contributed by atoms with Crippen molar-refractivity contribution in [1.82, 2.24) is 10.6 Å². The molecule has 1 heterocycles. The van der Waals surface area contributed by atoms with Crippen LogP contribution in [0.1, 0.15) is 35.6 Å². The van der Waals surface area contributed by atoms with Gasteiger partial charge in [0.25, 0.3) is 0 Å². The van der Waals surface area contributed by atoms with Gasteiger partial charge in [-0.25, -0.2) is 4.79 Å². The largest absolute Gasteiger partial charge is 0.493 e. The number of nitrogens with one attached hydrogen (secondary N) is 2. The molecule has 0 fully saturated rings. The number of methoxy groups -OCH3 is 1. The van der Waals surface area contributed by atoms with E-state index in [2.05, 4.69) is 34.9 Å². The highest BCUT2D eigenvalue weighted by atomic mass is 16.5. The van der Waals surface area contributed by atoms with Gasteiger partial charge in [-0.2, -0.15) is 0 Å². The summed E-state index contributed by atoms with van der Waals surface area (Å²) in [5, 5.41) is 6.84. The number of rotatable bonds is 5. The SMILES string of the molecule is COc1cccc2cc(CNC(=O)NCC3CCCc4ccccc43)oc12. The van der Waals surface area contributed by atoms with E-state index in [9.17, 15) is 4.79 Å². The lowest BCUT2D eigenvalue weighted by Gasteiger charge is -2.25. The number of para-hydroxylation sites is 1. The number of furan rings is 1. The van der Waals surface area contributed by atoms with Crippen molar-refractivity contribution in [3.05, 3.63) is 65.4 Å². The van der Waals surface area contributed by atoms with E-state index in [0.717, 1.165) is 18.2 Å². The zero-order valence-electron chi connectivity index (χ0n) is 15.5. The minimum absolute atomic E-state index is 0.175. The second-order valence-electron chi connectivity index (χ2n) is 6.94. The number of fused-ring (bicyclic) bond motifs is 2. The van der Waals surface area contributed by atoms with Gasteiger partial charge in [0, 0.05) is 17.8 Å². The van der Waals surface area contributed by atoms with E-state index in [-0.39, 0.29) is 6.03 Å². The normalized spacial score (nSPS) is 16.0. The Bertz CT molecular complexity index is 948. The molecule has 1 atom stereocenters. The molecule has 0 spiro atoms. The first-order valence-electron chi connectivity index (χ1n) is 9.39. The van der Waals surface area contributed by atoms with Crippen LogP contribution < -0.4 is 15.4 Å². The highest BCUT2D eigenvalue weighted by Gasteiger charge is 2.20. The third-order valence-corrected chi connectivity index (χ3v) is 5.20. The maximum Gasteiger partial charge on any atom is 0.315 e. The fraction of sp³-hybridized carbons (Fsp3) is 0.318. The van der Waals surface area contributed by atoms with E-state index >= 15 is 0 Å². The van der Waals surface area contributed by atoms with Gasteiger partial charge in [-0.1, -0.05) is 36.4 Å². The lowest BCUT2D eigenvalue weighted by atomic mass is 9.83. The molecule has 3 aromatic rings. The van der Waals surface area contributed by atoms with Gasteiger partial charge in [0.15, 0.2) is 11.3 Å². The second kappa shape index (κ2) is 7.74. The molecule has 0 saturated heterocycles. The summed E-state index contributed by atoms with van der Waals surface area (Å²) in [7, 11) is 1.62. The van der Waals surface area contributed by atoms with Crippen LogP contribution >= 0.6 is 0 Å². The third kappa shape index (κ3) is 3.77. The molecule has 0 bridgehead atoms. The summed E-state index contributed by atoms with van der Waals surface area (Å²) >= 11 is 0. The fourth-order valence-electron chi connectivity index (χ4n) is 3.85. The Morgan fingerprint density at radius 1 is 1.19 bits per heavy atom. The summed E-state index contributed by atoms with van der Waals surface area (Å²) in [6.07, 6.45) is 3.42. The summed E-state index contributed by atoms with van der Waals surface area (Å²) in [6.45, 7) is 0.988. The molecule has 0 aliphatic heterocycles. The number of amides is 2. The van der Waals surface area contributed by atoms with Gasteiger partial charge in [-0.15, -0.1) is 0 Å². The molecule has 1 unspecified atom stereocenters. The number of hydrogen-bond donors (Lipinski definition) is 2. The van der Waals surface area contributed by atoms with Gasteiger partial charge >= 0.3 is 6.03 Å². The number of aryl methyl sites for hydroxylation is 1. The summed E-state index contributed by atoms with van der Waals surface area (Å²) in [4.78, 5) is 12.2. The van der Waals surface area contributed by atoms with Crippen molar-refractivity contribution in [3.8, 4) is 5.75 Å². The molecule has 2 N–H and O–H groups in total. The predicted octanol–water partition coefficient (Wildman–Crippen LogP) is 4.36. The van der Waals surface area contributed by atoms with Crippen LogP contribution in [0, 0.1) is 0 Å². The van der Waals surface area contributed by atoms with Gasteiger partial charge in [-0.05, 0) is 42.5 Å². The number of hydrogen-bond acceptors (Lipinski definition) is 3. The fourth-order valence-corrected chi connectivity index (χ4v) is 3.85. The van der Waals surface area contributed by atoms with Crippen molar-refractivity contribution in [1.29, 1.82) is 0 Å². The number of ether oxygens (including phenoxy) is 1. The van der Waals surface area contributed by atoms with Crippen molar-refractivity contribution < 1.29 is 13.9 Å². The first-order valence-corrected chi connectivity index (χ1v) is 9.39. The predicted molar refractivity (Wildman–Crippen MR) is 105 cm³/mol.